The molecule has 5 amide bonds. The molecule has 0 unspecified atom stereocenters. The number of piperazine rings is 1. The number of benzene rings is 1. The van der Waals surface area contributed by atoms with E-state index in [4.69, 9.17) is 11.6 Å². The maximum absolute atomic E-state index is 12.5. The van der Waals surface area contributed by atoms with Gasteiger partial charge in [0.1, 0.15) is 6.54 Å². The van der Waals surface area contributed by atoms with Crippen molar-refractivity contribution in [2.24, 2.45) is 0 Å². The standard InChI is InChI=1S/C18H21ClN4O4/c1-12(2)23-17(26)16(25)22(18(23)27)11-15(24)21-8-6-20(7-9-21)14-5-3-4-13(19)10-14/h3-5,10,12H,6-9,11H2,1-2H3. The third-order valence-electron chi connectivity index (χ3n) is 4.70. The summed E-state index contributed by atoms with van der Waals surface area (Å²) in [5, 5.41) is 0.649. The first-order valence-electron chi connectivity index (χ1n) is 8.77. The maximum atomic E-state index is 12.5. The molecule has 0 N–H and O–H groups in total. The summed E-state index contributed by atoms with van der Waals surface area (Å²) in [6, 6.07) is 6.33. The van der Waals surface area contributed by atoms with Crippen LogP contribution in [0.3, 0.4) is 0 Å². The number of hydrogen-bond donors (Lipinski definition) is 0. The Bertz CT molecular complexity index is 789. The summed E-state index contributed by atoms with van der Waals surface area (Å²) in [4.78, 5) is 54.1. The molecule has 2 aliphatic heterocycles. The zero-order valence-electron chi connectivity index (χ0n) is 15.2. The van der Waals surface area contributed by atoms with Crippen LogP contribution in [0.15, 0.2) is 24.3 Å². The molecule has 9 heteroatoms. The second-order valence-electron chi connectivity index (χ2n) is 6.79. The Hall–Kier alpha value is -2.61. The highest BCUT2D eigenvalue weighted by atomic mass is 35.5. The minimum atomic E-state index is -0.945. The summed E-state index contributed by atoms with van der Waals surface area (Å²) in [6.07, 6.45) is 0. The van der Waals surface area contributed by atoms with Crippen molar-refractivity contribution < 1.29 is 19.2 Å². The van der Waals surface area contributed by atoms with Crippen LogP contribution in [0.25, 0.3) is 0 Å². The van der Waals surface area contributed by atoms with Gasteiger partial charge >= 0.3 is 17.8 Å². The van der Waals surface area contributed by atoms with E-state index in [0.29, 0.717) is 31.2 Å². The van der Waals surface area contributed by atoms with Crippen molar-refractivity contribution in [2.45, 2.75) is 19.9 Å². The van der Waals surface area contributed by atoms with Crippen LogP contribution in [0.2, 0.25) is 5.02 Å². The molecule has 27 heavy (non-hydrogen) atoms. The van der Waals surface area contributed by atoms with E-state index in [1.54, 1.807) is 24.8 Å². The molecule has 0 spiro atoms. The first-order valence-corrected chi connectivity index (χ1v) is 9.14. The monoisotopic (exact) mass is 392 g/mol. The van der Waals surface area contributed by atoms with Gasteiger partial charge in [0.2, 0.25) is 5.91 Å². The Labute approximate surface area is 162 Å². The van der Waals surface area contributed by atoms with E-state index in [1.165, 1.54) is 0 Å². The van der Waals surface area contributed by atoms with Crippen LogP contribution in [-0.2, 0) is 14.4 Å². The van der Waals surface area contributed by atoms with Crippen LogP contribution >= 0.6 is 11.6 Å². The van der Waals surface area contributed by atoms with Crippen LogP contribution in [0.4, 0.5) is 10.5 Å². The van der Waals surface area contributed by atoms with Crippen molar-refractivity contribution in [3.63, 3.8) is 0 Å². The molecule has 0 radical (unpaired) electrons. The van der Waals surface area contributed by atoms with Gasteiger partial charge in [-0.3, -0.25) is 19.3 Å². The number of rotatable bonds is 4. The van der Waals surface area contributed by atoms with E-state index in [0.717, 1.165) is 15.5 Å². The Balaban J connectivity index is 1.59. The van der Waals surface area contributed by atoms with Crippen molar-refractivity contribution in [2.75, 3.05) is 37.6 Å². The number of imide groups is 2. The van der Waals surface area contributed by atoms with Gasteiger partial charge in [-0.25, -0.2) is 9.69 Å². The van der Waals surface area contributed by atoms with Crippen molar-refractivity contribution in [1.29, 1.82) is 0 Å². The summed E-state index contributed by atoms with van der Waals surface area (Å²) in [6.45, 7) is 5.03. The molecule has 0 atom stereocenters. The predicted octanol–water partition coefficient (Wildman–Crippen LogP) is 1.19. The van der Waals surface area contributed by atoms with Crippen molar-refractivity contribution in [3.05, 3.63) is 29.3 Å². The molecule has 0 bridgehead atoms. The molecule has 2 saturated heterocycles. The molecule has 0 saturated carbocycles. The van der Waals surface area contributed by atoms with Gasteiger partial charge in [0.25, 0.3) is 0 Å². The van der Waals surface area contributed by atoms with Crippen LogP contribution in [0.5, 0.6) is 0 Å². The SMILES string of the molecule is CC(C)N1C(=O)C(=O)N(CC(=O)N2CCN(c3cccc(Cl)c3)CC2)C1=O. The highest BCUT2D eigenvalue weighted by Crippen LogP contribution is 2.21. The molecule has 1 aromatic carbocycles. The second kappa shape index (κ2) is 7.56. The summed E-state index contributed by atoms with van der Waals surface area (Å²) >= 11 is 6.02. The number of hydrogen-bond acceptors (Lipinski definition) is 5. The smallest absolute Gasteiger partial charge is 0.334 e. The quantitative estimate of drug-likeness (QED) is 0.568. The molecular formula is C18H21ClN4O4. The number of carbonyl (C=O) groups excluding carboxylic acids is 4. The van der Waals surface area contributed by atoms with Crippen molar-refractivity contribution in [1.82, 2.24) is 14.7 Å². The number of urea groups is 1. The van der Waals surface area contributed by atoms with Gasteiger partial charge in [-0.1, -0.05) is 17.7 Å². The van der Waals surface area contributed by atoms with Gasteiger partial charge in [-0.2, -0.15) is 0 Å². The molecule has 3 rings (SSSR count). The summed E-state index contributed by atoms with van der Waals surface area (Å²) in [7, 11) is 0. The molecule has 2 aliphatic rings. The highest BCUT2D eigenvalue weighted by Gasteiger charge is 2.46. The van der Waals surface area contributed by atoms with Gasteiger partial charge in [0.15, 0.2) is 0 Å². The lowest BCUT2D eigenvalue weighted by Gasteiger charge is -2.36. The lowest BCUT2D eigenvalue weighted by Crippen LogP contribution is -2.52. The Morgan fingerprint density at radius 2 is 1.74 bits per heavy atom. The molecule has 8 nitrogen and oxygen atoms in total. The lowest BCUT2D eigenvalue weighted by molar-refractivity contribution is -0.145. The van der Waals surface area contributed by atoms with Crippen LogP contribution in [0.1, 0.15) is 13.8 Å². The molecule has 144 valence electrons. The number of carbonyl (C=O) groups is 4. The Morgan fingerprint density at radius 3 is 2.30 bits per heavy atom. The van der Waals surface area contributed by atoms with E-state index >= 15 is 0 Å². The van der Waals surface area contributed by atoms with Gasteiger partial charge in [0, 0.05) is 42.9 Å². The zero-order chi connectivity index (χ0) is 19.7. The average molecular weight is 393 g/mol. The topological polar surface area (TPSA) is 81.2 Å². The first-order chi connectivity index (χ1) is 12.8. The summed E-state index contributed by atoms with van der Waals surface area (Å²) in [5.74, 6) is -2.17. The predicted molar refractivity (Wildman–Crippen MR) is 99.3 cm³/mol. The summed E-state index contributed by atoms with van der Waals surface area (Å²) in [5.41, 5.74) is 0.984. The minimum Gasteiger partial charge on any atom is -0.368 e. The number of nitrogens with zero attached hydrogens (tertiary/aromatic N) is 4. The Morgan fingerprint density at radius 1 is 1.07 bits per heavy atom. The Kier molecular flexibility index (Phi) is 5.36. The van der Waals surface area contributed by atoms with Crippen LogP contribution in [0, 0.1) is 0 Å². The lowest BCUT2D eigenvalue weighted by atomic mass is 10.2. The average Bonchev–Trinajstić information content (AvgIpc) is 2.85. The molecule has 2 heterocycles. The van der Waals surface area contributed by atoms with Crippen molar-refractivity contribution in [3.8, 4) is 0 Å². The highest BCUT2D eigenvalue weighted by molar-refractivity contribution is 6.45. The zero-order valence-corrected chi connectivity index (χ0v) is 16.0. The fourth-order valence-electron chi connectivity index (χ4n) is 3.24. The van der Waals surface area contributed by atoms with Crippen LogP contribution in [-0.4, -0.2) is 77.2 Å². The van der Waals surface area contributed by atoms with E-state index in [2.05, 4.69) is 4.90 Å². The van der Waals surface area contributed by atoms with Gasteiger partial charge in [-0.05, 0) is 32.0 Å². The van der Waals surface area contributed by atoms with Gasteiger partial charge < -0.3 is 9.80 Å². The molecule has 2 fully saturated rings. The number of anilines is 1. The third kappa shape index (κ3) is 3.75. The fraction of sp³-hybridized carbons (Fsp3) is 0.444. The normalized spacial score (nSPS) is 18.1. The molecule has 1 aromatic rings. The van der Waals surface area contributed by atoms with Gasteiger partial charge in [-0.15, -0.1) is 0 Å². The van der Waals surface area contributed by atoms with E-state index in [1.807, 2.05) is 18.2 Å². The van der Waals surface area contributed by atoms with E-state index in [9.17, 15) is 19.2 Å². The van der Waals surface area contributed by atoms with Crippen molar-refractivity contribution >= 4 is 41.0 Å². The minimum absolute atomic E-state index is 0.346. The number of amides is 5. The van der Waals surface area contributed by atoms with Crippen LogP contribution < -0.4 is 4.90 Å². The fourth-order valence-corrected chi connectivity index (χ4v) is 3.42. The largest absolute Gasteiger partial charge is 0.368 e. The van der Waals surface area contributed by atoms with Gasteiger partial charge in [0.05, 0.1) is 0 Å². The number of halogens is 1. The maximum Gasteiger partial charge on any atom is 0.334 e. The molecule has 0 aromatic heterocycles. The van der Waals surface area contributed by atoms with E-state index < -0.39 is 30.4 Å². The first kappa shape index (κ1) is 19.2. The third-order valence-corrected chi connectivity index (χ3v) is 4.93. The summed E-state index contributed by atoms with van der Waals surface area (Å²) < 4.78 is 0. The van der Waals surface area contributed by atoms with E-state index in [-0.39, 0.29) is 5.91 Å². The molecular weight excluding hydrogens is 372 g/mol. The second-order valence-corrected chi connectivity index (χ2v) is 7.23. The molecule has 0 aliphatic carbocycles.